The van der Waals surface area contributed by atoms with Crippen LogP contribution in [0.4, 0.5) is 11.4 Å². The third-order valence-corrected chi connectivity index (χ3v) is 6.56. The molecule has 4 rings (SSSR count). The van der Waals surface area contributed by atoms with E-state index >= 15 is 0 Å². The standard InChI is InChI=1S/C28H26N2O5S/c1-21-6-5-9-24(18-21)30-36(32,33)27-16-14-26(15-17-27)35-20-28(31)29-23-10-12-25(13-11-23)34-19-22-7-3-2-4-8-22/h2-18,30H,19-20H2,1H3,(H,29,31). The molecule has 0 aliphatic heterocycles. The summed E-state index contributed by atoms with van der Waals surface area (Å²) in [6.45, 7) is 2.12. The highest BCUT2D eigenvalue weighted by molar-refractivity contribution is 7.92. The molecule has 36 heavy (non-hydrogen) atoms. The van der Waals surface area contributed by atoms with E-state index in [4.69, 9.17) is 9.47 Å². The van der Waals surface area contributed by atoms with Gasteiger partial charge in [0.25, 0.3) is 15.9 Å². The Morgan fingerprint density at radius 3 is 2.11 bits per heavy atom. The molecule has 0 aromatic heterocycles. The first-order chi connectivity index (χ1) is 17.4. The van der Waals surface area contributed by atoms with Crippen molar-refractivity contribution in [1.82, 2.24) is 0 Å². The van der Waals surface area contributed by atoms with E-state index in [0.29, 0.717) is 29.5 Å². The number of sulfonamides is 1. The van der Waals surface area contributed by atoms with Crippen LogP contribution < -0.4 is 19.5 Å². The predicted molar refractivity (Wildman–Crippen MR) is 140 cm³/mol. The average Bonchev–Trinajstić information content (AvgIpc) is 2.88. The van der Waals surface area contributed by atoms with E-state index in [0.717, 1.165) is 11.1 Å². The summed E-state index contributed by atoms with van der Waals surface area (Å²) in [5.74, 6) is 0.732. The molecular formula is C28H26N2O5S. The number of carbonyl (C=O) groups excluding carboxylic acids is 1. The van der Waals surface area contributed by atoms with Gasteiger partial charge in [-0.2, -0.15) is 0 Å². The molecule has 0 fully saturated rings. The second kappa shape index (κ2) is 11.4. The third-order valence-electron chi connectivity index (χ3n) is 5.16. The zero-order valence-electron chi connectivity index (χ0n) is 19.7. The summed E-state index contributed by atoms with van der Waals surface area (Å²) in [7, 11) is -3.74. The lowest BCUT2D eigenvalue weighted by Gasteiger charge is -2.11. The number of hydrogen-bond donors (Lipinski definition) is 2. The van der Waals surface area contributed by atoms with Gasteiger partial charge in [0.15, 0.2) is 6.61 Å². The fourth-order valence-electron chi connectivity index (χ4n) is 3.36. The minimum Gasteiger partial charge on any atom is -0.489 e. The first kappa shape index (κ1) is 24.8. The average molecular weight is 503 g/mol. The smallest absolute Gasteiger partial charge is 0.262 e. The van der Waals surface area contributed by atoms with Gasteiger partial charge >= 0.3 is 0 Å². The van der Waals surface area contributed by atoms with Crippen LogP contribution in [0.1, 0.15) is 11.1 Å². The third kappa shape index (κ3) is 7.10. The first-order valence-electron chi connectivity index (χ1n) is 11.3. The molecule has 0 saturated heterocycles. The summed E-state index contributed by atoms with van der Waals surface area (Å²) in [5.41, 5.74) is 3.12. The molecule has 2 N–H and O–H groups in total. The van der Waals surface area contributed by atoms with Crippen molar-refractivity contribution < 1.29 is 22.7 Å². The minimum absolute atomic E-state index is 0.0929. The summed E-state index contributed by atoms with van der Waals surface area (Å²) in [4.78, 5) is 12.4. The molecule has 0 atom stereocenters. The van der Waals surface area contributed by atoms with Crippen LogP contribution in [0.3, 0.4) is 0 Å². The fourth-order valence-corrected chi connectivity index (χ4v) is 4.41. The van der Waals surface area contributed by atoms with E-state index in [1.165, 1.54) is 24.3 Å². The second-order valence-electron chi connectivity index (χ2n) is 8.08. The number of amides is 1. The van der Waals surface area contributed by atoms with E-state index in [1.807, 2.05) is 43.3 Å². The lowest BCUT2D eigenvalue weighted by Crippen LogP contribution is -2.20. The highest BCUT2D eigenvalue weighted by Gasteiger charge is 2.14. The maximum atomic E-state index is 12.6. The summed E-state index contributed by atoms with van der Waals surface area (Å²) >= 11 is 0. The van der Waals surface area contributed by atoms with Crippen LogP contribution in [-0.4, -0.2) is 20.9 Å². The van der Waals surface area contributed by atoms with Gasteiger partial charge in [0.1, 0.15) is 18.1 Å². The summed E-state index contributed by atoms with van der Waals surface area (Å²) < 4.78 is 39.0. The Kier molecular flexibility index (Phi) is 7.87. The Bertz CT molecular complexity index is 1400. The van der Waals surface area contributed by atoms with Gasteiger partial charge in [-0.15, -0.1) is 0 Å². The van der Waals surface area contributed by atoms with E-state index in [2.05, 4.69) is 10.0 Å². The van der Waals surface area contributed by atoms with E-state index in [1.54, 1.807) is 42.5 Å². The van der Waals surface area contributed by atoms with Crippen molar-refractivity contribution in [1.29, 1.82) is 0 Å². The number of benzene rings is 4. The normalized spacial score (nSPS) is 10.9. The molecule has 0 heterocycles. The van der Waals surface area contributed by atoms with Crippen molar-refractivity contribution in [2.75, 3.05) is 16.6 Å². The Balaban J connectivity index is 1.25. The van der Waals surface area contributed by atoms with Crippen molar-refractivity contribution in [3.05, 3.63) is 114 Å². The molecule has 8 heteroatoms. The topological polar surface area (TPSA) is 93.7 Å². The van der Waals surface area contributed by atoms with Crippen LogP contribution in [0, 0.1) is 6.92 Å². The molecule has 1 amide bonds. The predicted octanol–water partition coefficient (Wildman–Crippen LogP) is 5.39. The molecular weight excluding hydrogens is 476 g/mol. The molecule has 184 valence electrons. The number of anilines is 2. The molecule has 7 nitrogen and oxygen atoms in total. The Hall–Kier alpha value is -4.30. The summed E-state index contributed by atoms with van der Waals surface area (Å²) in [6.07, 6.45) is 0. The molecule has 4 aromatic rings. The first-order valence-corrected chi connectivity index (χ1v) is 12.7. The molecule has 0 unspecified atom stereocenters. The number of carbonyl (C=O) groups is 1. The van der Waals surface area contributed by atoms with Gasteiger partial charge in [0, 0.05) is 11.4 Å². The minimum atomic E-state index is -3.74. The summed E-state index contributed by atoms with van der Waals surface area (Å²) in [5, 5.41) is 2.76. The number of nitrogens with one attached hydrogen (secondary N) is 2. The number of hydrogen-bond acceptors (Lipinski definition) is 5. The van der Waals surface area contributed by atoms with Crippen LogP contribution >= 0.6 is 0 Å². The van der Waals surface area contributed by atoms with Gasteiger partial charge in [-0.25, -0.2) is 8.42 Å². The van der Waals surface area contributed by atoms with E-state index < -0.39 is 10.0 Å². The van der Waals surface area contributed by atoms with Gasteiger partial charge in [0.05, 0.1) is 4.90 Å². The molecule has 0 radical (unpaired) electrons. The zero-order valence-corrected chi connectivity index (χ0v) is 20.5. The van der Waals surface area contributed by atoms with Gasteiger partial charge in [-0.1, -0.05) is 42.5 Å². The molecule has 0 saturated carbocycles. The molecule has 0 aliphatic carbocycles. The van der Waals surface area contributed by atoms with E-state index in [9.17, 15) is 13.2 Å². The maximum absolute atomic E-state index is 12.6. The van der Waals surface area contributed by atoms with Gasteiger partial charge in [-0.3, -0.25) is 9.52 Å². The van der Waals surface area contributed by atoms with Crippen molar-refractivity contribution in [2.45, 2.75) is 18.4 Å². The van der Waals surface area contributed by atoms with E-state index in [-0.39, 0.29) is 17.4 Å². The van der Waals surface area contributed by atoms with Gasteiger partial charge < -0.3 is 14.8 Å². The van der Waals surface area contributed by atoms with Crippen molar-refractivity contribution >= 4 is 27.3 Å². The second-order valence-corrected chi connectivity index (χ2v) is 9.76. The van der Waals surface area contributed by atoms with Crippen LogP contribution in [0.15, 0.2) is 108 Å². The monoisotopic (exact) mass is 502 g/mol. The SMILES string of the molecule is Cc1cccc(NS(=O)(=O)c2ccc(OCC(=O)Nc3ccc(OCc4ccccc4)cc3)cc2)c1. The van der Waals surface area contributed by atoms with Crippen molar-refractivity contribution in [3.8, 4) is 11.5 Å². The van der Waals surface area contributed by atoms with Crippen molar-refractivity contribution in [3.63, 3.8) is 0 Å². The molecule has 0 bridgehead atoms. The number of aryl methyl sites for hydroxylation is 1. The number of rotatable bonds is 10. The fraction of sp³-hybridized carbons (Fsp3) is 0.107. The quantitative estimate of drug-likeness (QED) is 0.303. The van der Waals surface area contributed by atoms with Crippen LogP contribution in [0.2, 0.25) is 0 Å². The van der Waals surface area contributed by atoms with Gasteiger partial charge in [0.2, 0.25) is 0 Å². The van der Waals surface area contributed by atoms with Crippen molar-refractivity contribution in [2.24, 2.45) is 0 Å². The molecule has 4 aromatic carbocycles. The molecule has 0 aliphatic rings. The summed E-state index contributed by atoms with van der Waals surface area (Å²) in [6, 6.07) is 29.9. The van der Waals surface area contributed by atoms with Crippen LogP contribution in [0.5, 0.6) is 11.5 Å². The largest absolute Gasteiger partial charge is 0.489 e. The van der Waals surface area contributed by atoms with Gasteiger partial charge in [-0.05, 0) is 78.7 Å². The lowest BCUT2D eigenvalue weighted by atomic mass is 10.2. The maximum Gasteiger partial charge on any atom is 0.262 e. The lowest BCUT2D eigenvalue weighted by molar-refractivity contribution is -0.118. The Labute approximate surface area is 210 Å². The zero-order chi connectivity index (χ0) is 25.4. The highest BCUT2D eigenvalue weighted by Crippen LogP contribution is 2.21. The highest BCUT2D eigenvalue weighted by atomic mass is 32.2. The van der Waals surface area contributed by atoms with Crippen LogP contribution in [0.25, 0.3) is 0 Å². The Morgan fingerprint density at radius 1 is 0.750 bits per heavy atom. The number of ether oxygens (including phenoxy) is 2. The Morgan fingerprint density at radius 2 is 1.42 bits per heavy atom. The van der Waals surface area contributed by atoms with Crippen LogP contribution in [-0.2, 0) is 21.4 Å². The molecule has 0 spiro atoms.